The van der Waals surface area contributed by atoms with Gasteiger partial charge in [-0.2, -0.15) is 0 Å². The highest BCUT2D eigenvalue weighted by Crippen LogP contribution is 2.37. The molecular weight excluding hydrogens is 363 g/mol. The predicted molar refractivity (Wildman–Crippen MR) is 86.5 cm³/mol. The number of carboxylic acid groups (broad SMARTS) is 1. The van der Waals surface area contributed by atoms with Crippen LogP contribution in [0.15, 0.2) is 18.2 Å². The normalized spacial score (nSPS) is 20.2. The van der Waals surface area contributed by atoms with Crippen molar-refractivity contribution >= 4 is 35.1 Å². The van der Waals surface area contributed by atoms with Crippen LogP contribution in [-0.2, 0) is 15.1 Å². The van der Waals surface area contributed by atoms with Gasteiger partial charge in [-0.25, -0.2) is 13.6 Å². The minimum absolute atomic E-state index is 0.0237. The summed E-state index contributed by atoms with van der Waals surface area (Å²) in [6.07, 6.45) is -0.699. The Bertz CT molecular complexity index is 659. The zero-order chi connectivity index (χ0) is 18.1. The number of carbonyl (C=O) groups is 2. The number of alkyl halides is 2. The van der Waals surface area contributed by atoms with Crippen LogP contribution in [0, 0.1) is 5.92 Å². The third-order valence-electron chi connectivity index (χ3n) is 4.39. The standard InChI is InChI=1S/C16H17Cl2F2NO3/c1-15(14(23)24,10-2-3-11(17)12(18)8-10)21-13(22)9-4-6-16(19,20)7-5-9/h2-3,8-9H,4-7H2,1H3,(H,21,22)(H,23,24). The van der Waals surface area contributed by atoms with Crippen molar-refractivity contribution in [1.29, 1.82) is 0 Å². The second kappa shape index (κ2) is 6.84. The van der Waals surface area contributed by atoms with E-state index in [9.17, 15) is 23.5 Å². The fraction of sp³-hybridized carbons (Fsp3) is 0.500. The molecule has 2 N–H and O–H groups in total. The quantitative estimate of drug-likeness (QED) is 0.822. The molecular formula is C16H17Cl2F2NO3. The molecule has 0 aliphatic heterocycles. The van der Waals surface area contributed by atoms with Crippen molar-refractivity contribution in [2.75, 3.05) is 0 Å². The number of rotatable bonds is 4. The van der Waals surface area contributed by atoms with E-state index in [1.165, 1.54) is 25.1 Å². The molecule has 1 aromatic carbocycles. The van der Waals surface area contributed by atoms with E-state index in [0.717, 1.165) is 0 Å². The molecule has 1 amide bonds. The largest absolute Gasteiger partial charge is 0.479 e. The van der Waals surface area contributed by atoms with Crippen molar-refractivity contribution < 1.29 is 23.5 Å². The molecule has 1 atom stereocenters. The van der Waals surface area contributed by atoms with Crippen molar-refractivity contribution in [3.63, 3.8) is 0 Å². The van der Waals surface area contributed by atoms with Crippen LogP contribution in [0.5, 0.6) is 0 Å². The van der Waals surface area contributed by atoms with Gasteiger partial charge in [0.2, 0.25) is 11.8 Å². The molecule has 0 heterocycles. The molecule has 1 aromatic rings. The molecule has 1 unspecified atom stereocenters. The molecule has 1 fully saturated rings. The first-order valence-electron chi connectivity index (χ1n) is 7.44. The molecule has 1 aliphatic rings. The van der Waals surface area contributed by atoms with Crippen LogP contribution in [-0.4, -0.2) is 22.9 Å². The summed E-state index contributed by atoms with van der Waals surface area (Å²) in [4.78, 5) is 24.1. The van der Waals surface area contributed by atoms with Crippen molar-refractivity contribution in [3.05, 3.63) is 33.8 Å². The molecule has 0 saturated heterocycles. The van der Waals surface area contributed by atoms with Crippen LogP contribution in [0.2, 0.25) is 10.0 Å². The second-order valence-corrected chi connectivity index (χ2v) is 6.99. The molecule has 0 radical (unpaired) electrons. The monoisotopic (exact) mass is 379 g/mol. The highest BCUT2D eigenvalue weighted by molar-refractivity contribution is 6.42. The molecule has 0 aromatic heterocycles. The van der Waals surface area contributed by atoms with E-state index in [1.54, 1.807) is 0 Å². The Balaban J connectivity index is 2.20. The number of benzene rings is 1. The van der Waals surface area contributed by atoms with E-state index < -0.39 is 29.3 Å². The van der Waals surface area contributed by atoms with Crippen molar-refractivity contribution in [1.82, 2.24) is 5.32 Å². The minimum Gasteiger partial charge on any atom is -0.479 e. The van der Waals surface area contributed by atoms with E-state index in [2.05, 4.69) is 5.32 Å². The summed E-state index contributed by atoms with van der Waals surface area (Å²) in [5.74, 6) is -5.22. The van der Waals surface area contributed by atoms with E-state index in [-0.39, 0.29) is 41.3 Å². The molecule has 0 bridgehead atoms. The van der Waals surface area contributed by atoms with Crippen molar-refractivity contribution in [2.45, 2.75) is 44.1 Å². The zero-order valence-corrected chi connectivity index (χ0v) is 14.4. The van der Waals surface area contributed by atoms with Crippen LogP contribution in [0.4, 0.5) is 8.78 Å². The Morgan fingerprint density at radius 2 is 1.83 bits per heavy atom. The van der Waals surface area contributed by atoms with Crippen LogP contribution in [0.1, 0.15) is 38.2 Å². The Morgan fingerprint density at radius 3 is 2.33 bits per heavy atom. The highest BCUT2D eigenvalue weighted by Gasteiger charge is 2.42. The number of nitrogens with one attached hydrogen (secondary N) is 1. The van der Waals surface area contributed by atoms with Gasteiger partial charge in [0.05, 0.1) is 10.0 Å². The lowest BCUT2D eigenvalue weighted by atomic mass is 9.84. The van der Waals surface area contributed by atoms with E-state index in [1.807, 2.05) is 0 Å². The summed E-state index contributed by atoms with van der Waals surface area (Å²) in [5, 5.41) is 12.5. The van der Waals surface area contributed by atoms with Gasteiger partial charge < -0.3 is 10.4 Å². The van der Waals surface area contributed by atoms with Crippen LogP contribution < -0.4 is 5.32 Å². The maximum Gasteiger partial charge on any atom is 0.333 e. The van der Waals surface area contributed by atoms with Gasteiger partial charge in [0.15, 0.2) is 5.54 Å². The van der Waals surface area contributed by atoms with Gasteiger partial charge >= 0.3 is 5.97 Å². The fourth-order valence-electron chi connectivity index (χ4n) is 2.71. The number of carbonyl (C=O) groups excluding carboxylic acids is 1. The smallest absolute Gasteiger partial charge is 0.333 e. The average Bonchev–Trinajstić information content (AvgIpc) is 2.49. The van der Waals surface area contributed by atoms with Crippen molar-refractivity contribution in [3.8, 4) is 0 Å². The van der Waals surface area contributed by atoms with Gasteiger partial charge in [-0.1, -0.05) is 29.3 Å². The summed E-state index contributed by atoms with van der Waals surface area (Å²) in [6, 6.07) is 4.26. The summed E-state index contributed by atoms with van der Waals surface area (Å²) in [6.45, 7) is 1.32. The highest BCUT2D eigenvalue weighted by atomic mass is 35.5. The lowest BCUT2D eigenvalue weighted by molar-refractivity contribution is -0.149. The third-order valence-corrected chi connectivity index (χ3v) is 5.12. The first-order chi connectivity index (χ1) is 11.0. The molecule has 132 valence electrons. The average molecular weight is 380 g/mol. The molecule has 2 rings (SSSR count). The topological polar surface area (TPSA) is 66.4 Å². The number of amides is 1. The maximum absolute atomic E-state index is 13.2. The Hall–Kier alpha value is -1.40. The minimum atomic E-state index is -2.75. The Morgan fingerprint density at radius 1 is 1.25 bits per heavy atom. The lowest BCUT2D eigenvalue weighted by Crippen LogP contribution is -2.52. The zero-order valence-electron chi connectivity index (χ0n) is 12.9. The van der Waals surface area contributed by atoms with E-state index in [4.69, 9.17) is 23.2 Å². The third kappa shape index (κ3) is 3.98. The molecule has 8 heteroatoms. The molecule has 24 heavy (non-hydrogen) atoms. The fourth-order valence-corrected chi connectivity index (χ4v) is 3.01. The molecule has 1 saturated carbocycles. The molecule has 4 nitrogen and oxygen atoms in total. The summed E-state index contributed by atoms with van der Waals surface area (Å²) in [5.41, 5.74) is -1.48. The Labute approximate surface area is 148 Å². The van der Waals surface area contributed by atoms with Gasteiger partial charge in [-0.15, -0.1) is 0 Å². The van der Waals surface area contributed by atoms with E-state index >= 15 is 0 Å². The van der Waals surface area contributed by atoms with E-state index in [0.29, 0.717) is 0 Å². The first-order valence-corrected chi connectivity index (χ1v) is 8.19. The number of carboxylic acids is 1. The summed E-state index contributed by atoms with van der Waals surface area (Å²) >= 11 is 11.7. The lowest BCUT2D eigenvalue weighted by Gasteiger charge is -2.32. The Kier molecular flexibility index (Phi) is 5.40. The van der Waals surface area contributed by atoms with Gasteiger partial charge in [0.1, 0.15) is 0 Å². The van der Waals surface area contributed by atoms with Gasteiger partial charge in [-0.3, -0.25) is 4.79 Å². The number of hydrogen-bond donors (Lipinski definition) is 2. The van der Waals surface area contributed by atoms with Gasteiger partial charge in [0.25, 0.3) is 0 Å². The van der Waals surface area contributed by atoms with Crippen LogP contribution >= 0.6 is 23.2 Å². The summed E-state index contributed by atoms with van der Waals surface area (Å²) in [7, 11) is 0. The van der Waals surface area contributed by atoms with Crippen LogP contribution in [0.3, 0.4) is 0 Å². The second-order valence-electron chi connectivity index (χ2n) is 6.18. The van der Waals surface area contributed by atoms with Gasteiger partial charge in [-0.05, 0) is 37.5 Å². The maximum atomic E-state index is 13.2. The number of halogens is 4. The van der Waals surface area contributed by atoms with Gasteiger partial charge in [0, 0.05) is 18.8 Å². The summed E-state index contributed by atoms with van der Waals surface area (Å²) < 4.78 is 26.4. The van der Waals surface area contributed by atoms with Crippen LogP contribution in [0.25, 0.3) is 0 Å². The number of aliphatic carboxylic acids is 1. The number of hydrogen-bond acceptors (Lipinski definition) is 2. The molecule has 1 aliphatic carbocycles. The van der Waals surface area contributed by atoms with Crippen molar-refractivity contribution in [2.24, 2.45) is 5.92 Å². The SMILES string of the molecule is CC(NC(=O)C1CCC(F)(F)CC1)(C(=O)O)c1ccc(Cl)c(Cl)c1. The molecule has 0 spiro atoms. The predicted octanol–water partition coefficient (Wildman–Crippen LogP) is 4.23. The first kappa shape index (κ1) is 18.9.